The van der Waals surface area contributed by atoms with Gasteiger partial charge in [-0.05, 0) is 30.1 Å². The molecule has 1 aliphatic heterocycles. The minimum absolute atomic E-state index is 0.720. The second-order valence-electron chi connectivity index (χ2n) is 3.92. The summed E-state index contributed by atoms with van der Waals surface area (Å²) in [6.07, 6.45) is 2.63. The van der Waals surface area contributed by atoms with Crippen LogP contribution in [0.3, 0.4) is 0 Å². The quantitative estimate of drug-likeness (QED) is 0.500. The van der Waals surface area contributed by atoms with Gasteiger partial charge in [0.05, 0.1) is 0 Å². The summed E-state index contributed by atoms with van der Waals surface area (Å²) in [7, 11) is 0. The Hall–Kier alpha value is -0.0400. The Kier molecular flexibility index (Phi) is 1.31. The topological polar surface area (TPSA) is 9.23 Å². The number of hydrogen-bond donors (Lipinski definition) is 0. The lowest BCUT2D eigenvalue weighted by atomic mass is 9.93. The van der Waals surface area contributed by atoms with Gasteiger partial charge in [0, 0.05) is 13.2 Å². The SMILES string of the molecule is CC1[C@@H](C)C12CCOCC2. The maximum atomic E-state index is 5.34. The molecule has 0 aromatic carbocycles. The first-order chi connectivity index (χ1) is 4.77. The highest BCUT2D eigenvalue weighted by Crippen LogP contribution is 2.63. The van der Waals surface area contributed by atoms with Crippen LogP contribution in [0.2, 0.25) is 0 Å². The summed E-state index contributed by atoms with van der Waals surface area (Å²) in [6.45, 7) is 6.79. The molecule has 1 saturated heterocycles. The highest BCUT2D eigenvalue weighted by atomic mass is 16.5. The Morgan fingerprint density at radius 3 is 1.90 bits per heavy atom. The van der Waals surface area contributed by atoms with E-state index in [2.05, 4.69) is 13.8 Å². The summed E-state index contributed by atoms with van der Waals surface area (Å²) in [5.74, 6) is 1.94. The van der Waals surface area contributed by atoms with Crippen LogP contribution in [0, 0.1) is 17.3 Å². The van der Waals surface area contributed by atoms with E-state index in [1.807, 2.05) is 0 Å². The van der Waals surface area contributed by atoms with E-state index in [4.69, 9.17) is 4.74 Å². The maximum Gasteiger partial charge on any atom is 0.0471 e. The zero-order valence-corrected chi connectivity index (χ0v) is 6.89. The molecule has 1 saturated carbocycles. The minimum Gasteiger partial charge on any atom is -0.381 e. The molecule has 10 heavy (non-hydrogen) atoms. The third-order valence-electron chi connectivity index (χ3n) is 3.88. The highest BCUT2D eigenvalue weighted by molar-refractivity contribution is 5.06. The smallest absolute Gasteiger partial charge is 0.0471 e. The predicted octanol–water partition coefficient (Wildman–Crippen LogP) is 2.07. The molecule has 2 aliphatic rings. The van der Waals surface area contributed by atoms with Crippen molar-refractivity contribution in [1.29, 1.82) is 0 Å². The minimum atomic E-state index is 0.720. The summed E-state index contributed by atoms with van der Waals surface area (Å²) in [4.78, 5) is 0. The molecule has 1 nitrogen and oxygen atoms in total. The van der Waals surface area contributed by atoms with Crippen molar-refractivity contribution in [3.05, 3.63) is 0 Å². The molecule has 1 heterocycles. The van der Waals surface area contributed by atoms with Crippen LogP contribution in [-0.2, 0) is 4.74 Å². The molecule has 0 N–H and O–H groups in total. The number of rotatable bonds is 0. The zero-order chi connectivity index (χ0) is 7.19. The average Bonchev–Trinajstić information content (AvgIpc) is 2.45. The van der Waals surface area contributed by atoms with E-state index in [1.54, 1.807) is 0 Å². The Balaban J connectivity index is 2.03. The first kappa shape index (κ1) is 6.66. The van der Waals surface area contributed by atoms with Gasteiger partial charge in [0.25, 0.3) is 0 Å². The van der Waals surface area contributed by atoms with Crippen LogP contribution in [0.1, 0.15) is 26.7 Å². The third kappa shape index (κ3) is 0.672. The van der Waals surface area contributed by atoms with Gasteiger partial charge in [-0.25, -0.2) is 0 Å². The first-order valence-electron chi connectivity index (χ1n) is 4.35. The van der Waals surface area contributed by atoms with Crippen LogP contribution in [0.4, 0.5) is 0 Å². The van der Waals surface area contributed by atoms with E-state index in [0.29, 0.717) is 0 Å². The molecule has 58 valence electrons. The molecule has 2 fully saturated rings. The van der Waals surface area contributed by atoms with Crippen LogP contribution < -0.4 is 0 Å². The van der Waals surface area contributed by atoms with Gasteiger partial charge in [0.15, 0.2) is 0 Å². The molecule has 0 aromatic rings. The molecule has 0 bridgehead atoms. The molecule has 0 radical (unpaired) electrons. The van der Waals surface area contributed by atoms with E-state index in [-0.39, 0.29) is 0 Å². The largest absolute Gasteiger partial charge is 0.381 e. The second kappa shape index (κ2) is 1.97. The van der Waals surface area contributed by atoms with Crippen molar-refractivity contribution in [2.24, 2.45) is 17.3 Å². The Morgan fingerprint density at radius 2 is 1.60 bits per heavy atom. The Morgan fingerprint density at radius 1 is 1.10 bits per heavy atom. The van der Waals surface area contributed by atoms with E-state index in [0.717, 1.165) is 30.5 Å². The summed E-state index contributed by atoms with van der Waals surface area (Å²) in [5.41, 5.74) is 0.720. The Bertz CT molecular complexity index is 126. The third-order valence-corrected chi connectivity index (χ3v) is 3.88. The van der Waals surface area contributed by atoms with Crippen molar-refractivity contribution in [1.82, 2.24) is 0 Å². The van der Waals surface area contributed by atoms with Gasteiger partial charge in [0.2, 0.25) is 0 Å². The fourth-order valence-corrected chi connectivity index (χ4v) is 2.61. The van der Waals surface area contributed by atoms with Gasteiger partial charge in [0.1, 0.15) is 0 Å². The molecule has 1 aliphatic carbocycles. The molecule has 1 heteroatoms. The van der Waals surface area contributed by atoms with Crippen LogP contribution >= 0.6 is 0 Å². The fraction of sp³-hybridized carbons (Fsp3) is 1.00. The van der Waals surface area contributed by atoms with Crippen LogP contribution in [0.15, 0.2) is 0 Å². The van der Waals surface area contributed by atoms with Gasteiger partial charge >= 0.3 is 0 Å². The lowest BCUT2D eigenvalue weighted by Gasteiger charge is -2.22. The maximum absolute atomic E-state index is 5.34. The lowest BCUT2D eigenvalue weighted by Crippen LogP contribution is -2.19. The van der Waals surface area contributed by atoms with E-state index >= 15 is 0 Å². The fourth-order valence-electron chi connectivity index (χ4n) is 2.61. The second-order valence-corrected chi connectivity index (χ2v) is 3.92. The highest BCUT2D eigenvalue weighted by Gasteiger charge is 2.58. The van der Waals surface area contributed by atoms with Crippen LogP contribution in [0.25, 0.3) is 0 Å². The van der Waals surface area contributed by atoms with E-state index in [9.17, 15) is 0 Å². The molecule has 0 aromatic heterocycles. The van der Waals surface area contributed by atoms with Gasteiger partial charge in [-0.2, -0.15) is 0 Å². The number of hydrogen-bond acceptors (Lipinski definition) is 1. The molecule has 0 amide bonds. The van der Waals surface area contributed by atoms with Crippen LogP contribution in [0.5, 0.6) is 0 Å². The van der Waals surface area contributed by atoms with Crippen molar-refractivity contribution in [2.75, 3.05) is 13.2 Å². The van der Waals surface area contributed by atoms with E-state index in [1.165, 1.54) is 12.8 Å². The van der Waals surface area contributed by atoms with Crippen LogP contribution in [-0.4, -0.2) is 13.2 Å². The monoisotopic (exact) mass is 140 g/mol. The Labute approximate surface area is 62.8 Å². The van der Waals surface area contributed by atoms with E-state index < -0.39 is 0 Å². The lowest BCUT2D eigenvalue weighted by molar-refractivity contribution is 0.0489. The first-order valence-corrected chi connectivity index (χ1v) is 4.35. The van der Waals surface area contributed by atoms with Gasteiger partial charge in [-0.15, -0.1) is 0 Å². The molecular weight excluding hydrogens is 124 g/mol. The average molecular weight is 140 g/mol. The summed E-state index contributed by atoms with van der Waals surface area (Å²) in [6, 6.07) is 0. The van der Waals surface area contributed by atoms with Crippen molar-refractivity contribution < 1.29 is 4.74 Å². The van der Waals surface area contributed by atoms with Gasteiger partial charge in [-0.3, -0.25) is 0 Å². The van der Waals surface area contributed by atoms with Crippen molar-refractivity contribution in [2.45, 2.75) is 26.7 Å². The normalized spacial score (nSPS) is 43.8. The molecule has 2 atom stereocenters. The zero-order valence-electron chi connectivity index (χ0n) is 6.89. The van der Waals surface area contributed by atoms with Gasteiger partial charge < -0.3 is 4.74 Å². The molecule has 1 spiro atoms. The molecular formula is C9H16O. The number of ether oxygens (including phenoxy) is 1. The predicted molar refractivity (Wildman–Crippen MR) is 40.8 cm³/mol. The van der Waals surface area contributed by atoms with Crippen molar-refractivity contribution in [3.63, 3.8) is 0 Å². The van der Waals surface area contributed by atoms with Crippen molar-refractivity contribution >= 4 is 0 Å². The van der Waals surface area contributed by atoms with Crippen molar-refractivity contribution in [3.8, 4) is 0 Å². The summed E-state index contributed by atoms with van der Waals surface area (Å²) in [5, 5.41) is 0. The van der Waals surface area contributed by atoms with Gasteiger partial charge in [-0.1, -0.05) is 13.8 Å². The molecule has 2 rings (SSSR count). The summed E-state index contributed by atoms with van der Waals surface area (Å²) < 4.78 is 5.34. The molecule has 1 unspecified atom stereocenters. The summed E-state index contributed by atoms with van der Waals surface area (Å²) >= 11 is 0. The standard InChI is InChI=1S/C9H16O/c1-7-8(2)9(7)3-5-10-6-4-9/h7-8H,3-6H2,1-2H3/t7-,8?/m1/s1.